The van der Waals surface area contributed by atoms with Gasteiger partial charge in [-0.05, 0) is 38.2 Å². The van der Waals surface area contributed by atoms with Crippen LogP contribution in [-0.4, -0.2) is 23.2 Å². The first-order valence-corrected chi connectivity index (χ1v) is 9.73. The van der Waals surface area contributed by atoms with Gasteiger partial charge in [0.15, 0.2) is 0 Å². The summed E-state index contributed by atoms with van der Waals surface area (Å²) in [5, 5.41) is 13.3. The minimum atomic E-state index is -0.778. The largest absolute Gasteiger partial charge is 0.388 e. The molecule has 0 bridgehead atoms. The van der Waals surface area contributed by atoms with E-state index in [9.17, 15) is 9.90 Å². The quantitative estimate of drug-likeness (QED) is 0.256. The van der Waals surface area contributed by atoms with Gasteiger partial charge in [0.2, 0.25) is 5.91 Å². The number of hydrogen-bond donors (Lipinski definition) is 2. The van der Waals surface area contributed by atoms with E-state index in [1.54, 1.807) is 6.08 Å². The molecule has 2 N–H and O–H groups in total. The third kappa shape index (κ3) is 14.4. The number of unbranched alkanes of at least 4 members (excludes halogenated alkanes) is 3. The maximum Gasteiger partial charge on any atom is 0.243 e. The average Bonchev–Trinajstić information content (AvgIpc) is 2.62. The van der Waals surface area contributed by atoms with Crippen LogP contribution >= 0.6 is 0 Å². The average molecular weight is 348 g/mol. The zero-order valence-corrected chi connectivity index (χ0v) is 16.3. The van der Waals surface area contributed by atoms with Crippen LogP contribution < -0.4 is 5.32 Å². The Morgan fingerprint density at radius 1 is 0.960 bits per heavy atom. The molecule has 0 aromatic carbocycles. The van der Waals surface area contributed by atoms with E-state index in [4.69, 9.17) is 0 Å². The van der Waals surface area contributed by atoms with Gasteiger partial charge in [-0.15, -0.1) is 0 Å². The summed E-state index contributed by atoms with van der Waals surface area (Å²) in [7, 11) is 0. The molecule has 0 aliphatic carbocycles. The first-order valence-electron chi connectivity index (χ1n) is 9.73. The van der Waals surface area contributed by atoms with Crippen molar-refractivity contribution < 1.29 is 9.90 Å². The third-order valence-electron chi connectivity index (χ3n) is 4.11. The van der Waals surface area contributed by atoms with E-state index in [-0.39, 0.29) is 5.91 Å². The molecule has 0 heterocycles. The highest BCUT2D eigenvalue weighted by Crippen LogP contribution is 2.18. The number of rotatable bonds is 14. The Morgan fingerprint density at radius 3 is 2.28 bits per heavy atom. The normalized spacial score (nSPS) is 14.9. The summed E-state index contributed by atoms with van der Waals surface area (Å²) in [4.78, 5) is 11.8. The van der Waals surface area contributed by atoms with Crippen molar-refractivity contribution in [2.75, 3.05) is 6.54 Å². The molecule has 0 aliphatic rings. The predicted octanol–water partition coefficient (Wildman–Crippen LogP) is 5.24. The van der Waals surface area contributed by atoms with Crippen LogP contribution in [0.2, 0.25) is 0 Å². The number of carbonyl (C=O) groups excluding carboxylic acids is 1. The van der Waals surface area contributed by atoms with Crippen molar-refractivity contribution in [3.63, 3.8) is 0 Å². The number of hydrogen-bond acceptors (Lipinski definition) is 2. The standard InChI is InChI=1S/C22H37NO2/c1-4-7-9-10-11-12-13-14-15-16-18-21(24)23-20-22(25,6-3)19-17-8-5-2/h7,9-13,16,18,25H,4-6,8,14-15,17,19-20H2,1-3H3,(H,23,24). The molecule has 0 rings (SSSR count). The lowest BCUT2D eigenvalue weighted by molar-refractivity contribution is -0.117. The van der Waals surface area contributed by atoms with Crippen LogP contribution in [-0.2, 0) is 4.79 Å². The van der Waals surface area contributed by atoms with Crippen molar-refractivity contribution >= 4 is 5.91 Å². The number of aliphatic hydroxyl groups is 1. The summed E-state index contributed by atoms with van der Waals surface area (Å²) in [6.45, 7) is 6.55. The van der Waals surface area contributed by atoms with E-state index in [1.807, 2.05) is 37.3 Å². The Bertz CT molecular complexity index is 449. The molecule has 142 valence electrons. The van der Waals surface area contributed by atoms with Gasteiger partial charge in [-0.1, -0.05) is 82.6 Å². The van der Waals surface area contributed by atoms with Crippen LogP contribution in [0.5, 0.6) is 0 Å². The molecule has 1 amide bonds. The first-order chi connectivity index (χ1) is 12.1. The number of allylic oxidation sites excluding steroid dienone is 7. The molecule has 0 spiro atoms. The van der Waals surface area contributed by atoms with E-state index >= 15 is 0 Å². The van der Waals surface area contributed by atoms with Gasteiger partial charge in [-0.2, -0.15) is 0 Å². The fraction of sp³-hybridized carbons (Fsp3) is 0.591. The summed E-state index contributed by atoms with van der Waals surface area (Å²) < 4.78 is 0. The van der Waals surface area contributed by atoms with Crippen LogP contribution in [0.25, 0.3) is 0 Å². The van der Waals surface area contributed by atoms with E-state index in [1.165, 1.54) is 0 Å². The smallest absolute Gasteiger partial charge is 0.243 e. The molecule has 3 heteroatoms. The Morgan fingerprint density at radius 2 is 1.64 bits per heavy atom. The summed E-state index contributed by atoms with van der Waals surface area (Å²) >= 11 is 0. The Labute approximate surface area is 154 Å². The summed E-state index contributed by atoms with van der Waals surface area (Å²) in [6.07, 6.45) is 23.2. The van der Waals surface area contributed by atoms with E-state index in [0.29, 0.717) is 13.0 Å². The molecule has 0 saturated carbocycles. The van der Waals surface area contributed by atoms with E-state index in [2.05, 4.69) is 31.3 Å². The highest BCUT2D eigenvalue weighted by molar-refractivity contribution is 5.87. The Kier molecular flexibility index (Phi) is 14.9. The second-order valence-electron chi connectivity index (χ2n) is 6.38. The number of nitrogens with one attached hydrogen (secondary N) is 1. The molecule has 0 aromatic rings. The molecule has 3 nitrogen and oxygen atoms in total. The highest BCUT2D eigenvalue weighted by Gasteiger charge is 2.24. The summed E-state index contributed by atoms with van der Waals surface area (Å²) in [6, 6.07) is 0. The molecule has 0 fully saturated rings. The van der Waals surface area contributed by atoms with Crippen LogP contribution in [0.1, 0.15) is 72.1 Å². The third-order valence-corrected chi connectivity index (χ3v) is 4.11. The number of amides is 1. The van der Waals surface area contributed by atoms with Gasteiger partial charge in [0.25, 0.3) is 0 Å². The number of carbonyl (C=O) groups is 1. The van der Waals surface area contributed by atoms with Crippen LogP contribution in [0.3, 0.4) is 0 Å². The fourth-order valence-corrected chi connectivity index (χ4v) is 2.31. The summed E-state index contributed by atoms with van der Waals surface area (Å²) in [5.74, 6) is -0.129. The van der Waals surface area contributed by atoms with Crippen molar-refractivity contribution in [1.29, 1.82) is 0 Å². The fourth-order valence-electron chi connectivity index (χ4n) is 2.31. The van der Waals surface area contributed by atoms with Gasteiger partial charge in [-0.25, -0.2) is 0 Å². The van der Waals surface area contributed by atoms with Gasteiger partial charge in [0, 0.05) is 6.54 Å². The molecular formula is C22H37NO2. The van der Waals surface area contributed by atoms with E-state index < -0.39 is 5.60 Å². The van der Waals surface area contributed by atoms with E-state index in [0.717, 1.165) is 44.9 Å². The SMILES string of the molecule is CCC=CC=CC=CCCC=CC(=O)NCC(O)(CC)CCCCC. The van der Waals surface area contributed by atoms with Crippen LogP contribution in [0, 0.1) is 0 Å². The molecule has 0 saturated heterocycles. The lowest BCUT2D eigenvalue weighted by Crippen LogP contribution is -2.42. The molecule has 1 unspecified atom stereocenters. The molecule has 0 radical (unpaired) electrons. The Hall–Kier alpha value is -1.61. The van der Waals surface area contributed by atoms with Crippen LogP contribution in [0.4, 0.5) is 0 Å². The first kappa shape index (κ1) is 23.4. The highest BCUT2D eigenvalue weighted by atomic mass is 16.3. The second-order valence-corrected chi connectivity index (χ2v) is 6.38. The zero-order chi connectivity index (χ0) is 18.8. The predicted molar refractivity (Wildman–Crippen MR) is 108 cm³/mol. The topological polar surface area (TPSA) is 49.3 Å². The summed E-state index contributed by atoms with van der Waals surface area (Å²) in [5.41, 5.74) is -0.778. The van der Waals surface area contributed by atoms with Crippen LogP contribution in [0.15, 0.2) is 48.6 Å². The molecule has 25 heavy (non-hydrogen) atoms. The molecule has 0 aliphatic heterocycles. The van der Waals surface area contributed by atoms with Gasteiger partial charge in [0.1, 0.15) is 0 Å². The van der Waals surface area contributed by atoms with Gasteiger partial charge in [-0.3, -0.25) is 4.79 Å². The van der Waals surface area contributed by atoms with Gasteiger partial charge < -0.3 is 10.4 Å². The zero-order valence-electron chi connectivity index (χ0n) is 16.3. The van der Waals surface area contributed by atoms with Crippen molar-refractivity contribution in [1.82, 2.24) is 5.32 Å². The molecule has 0 aromatic heterocycles. The van der Waals surface area contributed by atoms with Gasteiger partial charge >= 0.3 is 0 Å². The van der Waals surface area contributed by atoms with Crippen molar-refractivity contribution in [2.24, 2.45) is 0 Å². The lowest BCUT2D eigenvalue weighted by atomic mass is 9.93. The lowest BCUT2D eigenvalue weighted by Gasteiger charge is -2.26. The van der Waals surface area contributed by atoms with Crippen molar-refractivity contribution in [2.45, 2.75) is 77.7 Å². The van der Waals surface area contributed by atoms with Crippen molar-refractivity contribution in [3.8, 4) is 0 Å². The maximum atomic E-state index is 11.8. The minimum Gasteiger partial charge on any atom is -0.388 e. The minimum absolute atomic E-state index is 0.129. The molecule has 1 atom stereocenters. The molecular weight excluding hydrogens is 310 g/mol. The van der Waals surface area contributed by atoms with Gasteiger partial charge in [0.05, 0.1) is 5.60 Å². The monoisotopic (exact) mass is 347 g/mol. The second kappa shape index (κ2) is 15.9. The maximum absolute atomic E-state index is 11.8. The van der Waals surface area contributed by atoms with Crippen molar-refractivity contribution in [3.05, 3.63) is 48.6 Å². The Balaban J connectivity index is 3.96.